The van der Waals surface area contributed by atoms with E-state index in [-0.39, 0.29) is 16.7 Å². The van der Waals surface area contributed by atoms with Crippen molar-refractivity contribution in [2.45, 2.75) is 46.6 Å². The number of anilines is 1. The van der Waals surface area contributed by atoms with Gasteiger partial charge in [-0.3, -0.25) is 10.1 Å². The number of unbranched alkanes of at least 4 members (excludes halogenated alkanes) is 1. The Morgan fingerprint density at radius 2 is 2.18 bits per heavy atom. The molecular formula is C11H20N4O2. The summed E-state index contributed by atoms with van der Waals surface area (Å²) in [6.07, 6.45) is 2.04. The first-order valence-electron chi connectivity index (χ1n) is 5.96. The molecule has 0 radical (unpaired) electrons. The zero-order chi connectivity index (χ0) is 13.0. The van der Waals surface area contributed by atoms with Crippen molar-refractivity contribution in [1.82, 2.24) is 9.78 Å². The Morgan fingerprint density at radius 3 is 2.65 bits per heavy atom. The third-order valence-electron chi connectivity index (χ3n) is 2.55. The third kappa shape index (κ3) is 2.95. The highest BCUT2D eigenvalue weighted by atomic mass is 16.6. The lowest BCUT2D eigenvalue weighted by atomic mass is 10.3. The first kappa shape index (κ1) is 13.5. The average Bonchev–Trinajstić information content (AvgIpc) is 2.56. The number of aryl methyl sites for hydroxylation is 1. The fraction of sp³-hybridized carbons (Fsp3) is 0.727. The van der Waals surface area contributed by atoms with Gasteiger partial charge in [0.25, 0.3) is 0 Å². The van der Waals surface area contributed by atoms with Crippen LogP contribution < -0.4 is 5.32 Å². The quantitative estimate of drug-likeness (QED) is 0.471. The Balaban J connectivity index is 3.07. The summed E-state index contributed by atoms with van der Waals surface area (Å²) >= 11 is 0. The molecule has 0 fully saturated rings. The van der Waals surface area contributed by atoms with E-state index < -0.39 is 0 Å². The maximum Gasteiger partial charge on any atom is 0.333 e. The molecule has 1 heterocycles. The molecule has 0 atom stereocenters. The van der Waals surface area contributed by atoms with Crippen molar-refractivity contribution in [2.75, 3.05) is 11.9 Å². The minimum absolute atomic E-state index is 0.0924. The van der Waals surface area contributed by atoms with Gasteiger partial charge < -0.3 is 5.32 Å². The lowest BCUT2D eigenvalue weighted by Gasteiger charge is -2.11. The number of nitro groups is 1. The lowest BCUT2D eigenvalue weighted by Crippen LogP contribution is -2.11. The van der Waals surface area contributed by atoms with Crippen molar-refractivity contribution >= 4 is 11.5 Å². The van der Waals surface area contributed by atoms with Crippen molar-refractivity contribution in [3.8, 4) is 0 Å². The van der Waals surface area contributed by atoms with Crippen LogP contribution in [0, 0.1) is 17.0 Å². The van der Waals surface area contributed by atoms with Crippen molar-refractivity contribution in [3.05, 3.63) is 15.8 Å². The fourth-order valence-corrected chi connectivity index (χ4v) is 1.68. The summed E-state index contributed by atoms with van der Waals surface area (Å²) in [4.78, 5) is 10.7. The van der Waals surface area contributed by atoms with Gasteiger partial charge in [0, 0.05) is 12.6 Å². The smallest absolute Gasteiger partial charge is 0.333 e. The number of rotatable bonds is 6. The second-order valence-electron chi connectivity index (χ2n) is 4.36. The minimum Gasteiger partial charge on any atom is -0.365 e. The second kappa shape index (κ2) is 5.65. The average molecular weight is 240 g/mol. The van der Waals surface area contributed by atoms with E-state index in [1.54, 1.807) is 11.6 Å². The summed E-state index contributed by atoms with van der Waals surface area (Å²) in [6.45, 7) is 8.40. The predicted octanol–water partition coefficient (Wildman–Crippen LogP) is 2.89. The molecule has 0 unspecified atom stereocenters. The number of hydrogen-bond acceptors (Lipinski definition) is 4. The van der Waals surface area contributed by atoms with E-state index in [9.17, 15) is 10.1 Å². The SMILES string of the molecule is CCCCNc1c([N+](=O)[O-])c(C)nn1C(C)C. The largest absolute Gasteiger partial charge is 0.365 e. The molecule has 0 aromatic carbocycles. The van der Waals surface area contributed by atoms with E-state index in [0.29, 0.717) is 11.5 Å². The zero-order valence-electron chi connectivity index (χ0n) is 10.9. The predicted molar refractivity (Wildman–Crippen MR) is 67.4 cm³/mol. The van der Waals surface area contributed by atoms with Crippen LogP contribution in [0.2, 0.25) is 0 Å². The normalized spacial score (nSPS) is 10.9. The summed E-state index contributed by atoms with van der Waals surface area (Å²) < 4.78 is 1.68. The van der Waals surface area contributed by atoms with Gasteiger partial charge in [-0.25, -0.2) is 4.68 Å². The molecule has 6 nitrogen and oxygen atoms in total. The van der Waals surface area contributed by atoms with E-state index in [2.05, 4.69) is 17.3 Å². The highest BCUT2D eigenvalue weighted by molar-refractivity contribution is 5.59. The van der Waals surface area contributed by atoms with Gasteiger partial charge in [0.2, 0.25) is 5.82 Å². The zero-order valence-corrected chi connectivity index (χ0v) is 10.9. The van der Waals surface area contributed by atoms with Crippen LogP contribution in [-0.4, -0.2) is 21.2 Å². The monoisotopic (exact) mass is 240 g/mol. The fourth-order valence-electron chi connectivity index (χ4n) is 1.68. The van der Waals surface area contributed by atoms with Gasteiger partial charge in [0.05, 0.1) is 4.92 Å². The van der Waals surface area contributed by atoms with E-state index in [1.807, 2.05) is 13.8 Å². The van der Waals surface area contributed by atoms with E-state index in [4.69, 9.17) is 0 Å². The van der Waals surface area contributed by atoms with Crippen LogP contribution in [-0.2, 0) is 0 Å². The highest BCUT2D eigenvalue weighted by Gasteiger charge is 2.25. The number of nitrogens with one attached hydrogen (secondary N) is 1. The maximum atomic E-state index is 11.0. The Bertz CT molecular complexity index is 398. The molecule has 17 heavy (non-hydrogen) atoms. The number of aromatic nitrogens is 2. The number of hydrogen-bond donors (Lipinski definition) is 1. The number of nitrogens with zero attached hydrogens (tertiary/aromatic N) is 3. The van der Waals surface area contributed by atoms with Gasteiger partial charge in [-0.2, -0.15) is 5.10 Å². The molecule has 6 heteroatoms. The van der Waals surface area contributed by atoms with Crippen LogP contribution in [0.5, 0.6) is 0 Å². The van der Waals surface area contributed by atoms with Crippen molar-refractivity contribution < 1.29 is 4.92 Å². The van der Waals surface area contributed by atoms with Crippen molar-refractivity contribution in [1.29, 1.82) is 0 Å². The summed E-state index contributed by atoms with van der Waals surface area (Å²) in [5.74, 6) is 0.524. The Kier molecular flexibility index (Phi) is 4.48. The first-order chi connectivity index (χ1) is 7.99. The van der Waals surface area contributed by atoms with E-state index in [0.717, 1.165) is 19.4 Å². The maximum absolute atomic E-state index is 11.0. The molecule has 1 aromatic rings. The molecule has 1 N–H and O–H groups in total. The van der Waals surface area contributed by atoms with Crippen LogP contribution in [0.15, 0.2) is 0 Å². The molecule has 0 spiro atoms. The Morgan fingerprint density at radius 1 is 1.53 bits per heavy atom. The minimum atomic E-state index is -0.366. The molecule has 0 bridgehead atoms. The Hall–Kier alpha value is -1.59. The summed E-state index contributed by atoms with van der Waals surface area (Å²) in [5.41, 5.74) is 0.553. The van der Waals surface area contributed by atoms with Crippen LogP contribution in [0.1, 0.15) is 45.3 Å². The molecule has 1 aromatic heterocycles. The van der Waals surface area contributed by atoms with Gasteiger partial charge in [-0.1, -0.05) is 13.3 Å². The van der Waals surface area contributed by atoms with Crippen LogP contribution >= 0.6 is 0 Å². The van der Waals surface area contributed by atoms with Crippen LogP contribution in [0.25, 0.3) is 0 Å². The molecule has 0 aliphatic rings. The molecule has 0 amide bonds. The molecule has 1 rings (SSSR count). The third-order valence-corrected chi connectivity index (χ3v) is 2.55. The molecule has 96 valence electrons. The molecular weight excluding hydrogens is 220 g/mol. The van der Waals surface area contributed by atoms with Gasteiger partial charge in [0.15, 0.2) is 0 Å². The van der Waals surface area contributed by atoms with Crippen LogP contribution in [0.3, 0.4) is 0 Å². The van der Waals surface area contributed by atoms with E-state index in [1.165, 1.54) is 0 Å². The summed E-state index contributed by atoms with van der Waals surface area (Å²) in [5, 5.41) is 18.4. The van der Waals surface area contributed by atoms with Gasteiger partial charge in [-0.15, -0.1) is 0 Å². The van der Waals surface area contributed by atoms with Gasteiger partial charge in [0.1, 0.15) is 5.69 Å². The van der Waals surface area contributed by atoms with Crippen molar-refractivity contribution in [2.24, 2.45) is 0 Å². The topological polar surface area (TPSA) is 73.0 Å². The van der Waals surface area contributed by atoms with Gasteiger partial charge in [-0.05, 0) is 27.2 Å². The van der Waals surface area contributed by atoms with Gasteiger partial charge >= 0.3 is 5.69 Å². The molecule has 0 saturated heterocycles. The standard InChI is InChI=1S/C11H20N4O2/c1-5-6-7-12-11-10(15(16)17)9(4)13-14(11)8(2)3/h8,12H,5-7H2,1-4H3. The molecule has 0 saturated carbocycles. The Labute approximate surface area is 101 Å². The lowest BCUT2D eigenvalue weighted by molar-refractivity contribution is -0.384. The highest BCUT2D eigenvalue weighted by Crippen LogP contribution is 2.30. The van der Waals surface area contributed by atoms with Crippen molar-refractivity contribution in [3.63, 3.8) is 0 Å². The first-order valence-corrected chi connectivity index (χ1v) is 5.96. The molecule has 0 aliphatic carbocycles. The van der Waals surface area contributed by atoms with Crippen LogP contribution in [0.4, 0.5) is 11.5 Å². The van der Waals surface area contributed by atoms with E-state index >= 15 is 0 Å². The summed E-state index contributed by atoms with van der Waals surface area (Å²) in [7, 11) is 0. The second-order valence-corrected chi connectivity index (χ2v) is 4.36. The molecule has 0 aliphatic heterocycles. The summed E-state index contributed by atoms with van der Waals surface area (Å²) in [6, 6.07) is 0.103.